The first-order valence-corrected chi connectivity index (χ1v) is 13.3. The molecule has 3 aromatic carbocycles. The first kappa shape index (κ1) is 26.7. The van der Waals surface area contributed by atoms with Crippen molar-refractivity contribution in [2.24, 2.45) is 0 Å². The van der Waals surface area contributed by atoms with Crippen LogP contribution in [0.4, 0.5) is 0 Å². The van der Waals surface area contributed by atoms with E-state index >= 15 is 0 Å². The van der Waals surface area contributed by atoms with Gasteiger partial charge in [-0.1, -0.05) is 66.7 Å². The summed E-state index contributed by atoms with van der Waals surface area (Å²) >= 11 is 0. The highest BCUT2D eigenvalue weighted by molar-refractivity contribution is 8.01. The van der Waals surface area contributed by atoms with Gasteiger partial charge in [0.15, 0.2) is 22.1 Å². The van der Waals surface area contributed by atoms with Crippen molar-refractivity contribution < 1.29 is 38.0 Å². The minimum Gasteiger partial charge on any atom is -0.477 e. The van der Waals surface area contributed by atoms with Crippen LogP contribution in [0, 0.1) is 0 Å². The molecule has 0 bridgehead atoms. The number of benzene rings is 3. The maximum atomic E-state index is 13.4. The van der Waals surface area contributed by atoms with E-state index in [-0.39, 0.29) is 12.2 Å². The number of carbonyl (C=O) groups is 4. The molecule has 40 heavy (non-hydrogen) atoms. The van der Waals surface area contributed by atoms with Crippen LogP contribution in [0.2, 0.25) is 0 Å². The van der Waals surface area contributed by atoms with Crippen LogP contribution in [0.25, 0.3) is 16.3 Å². The number of carboxylic acid groups (broad SMARTS) is 1. The van der Waals surface area contributed by atoms with E-state index in [1.165, 1.54) is 6.92 Å². The Bertz CT molecular complexity index is 1680. The Hall–Kier alpha value is -4.93. The largest absolute Gasteiger partial charge is 0.477 e. The van der Waals surface area contributed by atoms with E-state index in [2.05, 4.69) is 10.1 Å². The maximum Gasteiger partial charge on any atom is 0.386 e. The van der Waals surface area contributed by atoms with Crippen molar-refractivity contribution >= 4 is 50.4 Å². The molecule has 0 aliphatic carbocycles. The van der Waals surface area contributed by atoms with Crippen LogP contribution in [-0.4, -0.2) is 59.2 Å². The van der Waals surface area contributed by atoms with E-state index in [9.17, 15) is 34.0 Å². The minimum absolute atomic E-state index is 0.106. The second kappa shape index (κ2) is 10.7. The highest BCUT2D eigenvalue weighted by atomic mass is 32.2. The van der Waals surface area contributed by atoms with E-state index in [0.29, 0.717) is 11.1 Å². The van der Waals surface area contributed by atoms with Crippen molar-refractivity contribution in [3.05, 3.63) is 101 Å². The molecule has 1 saturated heterocycles. The molecular formula is C28H22N4O7S. The van der Waals surface area contributed by atoms with Crippen molar-refractivity contribution in [3.63, 3.8) is 0 Å². The molecule has 0 saturated carbocycles. The van der Waals surface area contributed by atoms with Gasteiger partial charge in [0, 0.05) is 0 Å². The number of carbonyl (C=O) groups excluding carboxylic acids is 3. The standard InChI is InChI=1S/C28H22N4O7S/c1-15-22(27(35)36)32-25(34)21(26(32)40(38)24(15)31-29)30-23(33)20(18-8-3-2-4-9-18)28(37)39-14-16-11-12-17-7-5-6-10-19(17)13-16/h2-13,20-21,26H,14H2,1H3,(H,30,33)(H,35,36)/t20?,21?,26-,40-/m0/s1. The second-order valence-electron chi connectivity index (χ2n) is 9.20. The molecule has 2 amide bonds. The van der Waals surface area contributed by atoms with Crippen molar-refractivity contribution in [2.75, 3.05) is 0 Å². The zero-order valence-corrected chi connectivity index (χ0v) is 21.8. The van der Waals surface area contributed by atoms with Crippen LogP contribution in [-0.2, 0) is 41.3 Å². The second-order valence-corrected chi connectivity index (χ2v) is 10.7. The van der Waals surface area contributed by atoms with Crippen LogP contribution in [0.3, 0.4) is 0 Å². The Morgan fingerprint density at radius 3 is 2.42 bits per heavy atom. The third kappa shape index (κ3) is 4.59. The maximum absolute atomic E-state index is 13.4. The molecule has 0 aromatic heterocycles. The van der Waals surface area contributed by atoms with E-state index in [4.69, 9.17) is 4.74 Å². The van der Waals surface area contributed by atoms with Crippen molar-refractivity contribution in [2.45, 2.75) is 30.9 Å². The van der Waals surface area contributed by atoms with Crippen molar-refractivity contribution in [1.29, 1.82) is 0 Å². The lowest BCUT2D eigenvalue weighted by molar-refractivity contribution is -0.154. The number of ether oxygens (including phenoxy) is 1. The molecule has 0 spiro atoms. The molecule has 2 heterocycles. The summed E-state index contributed by atoms with van der Waals surface area (Å²) in [5, 5.41) is 12.3. The molecule has 2 N–H and O–H groups in total. The fraction of sp³-hybridized carbons (Fsp3) is 0.179. The molecule has 4 atom stereocenters. The molecule has 11 nitrogen and oxygen atoms in total. The van der Waals surface area contributed by atoms with Gasteiger partial charge in [-0.15, -0.1) is 0 Å². The lowest BCUT2D eigenvalue weighted by atomic mass is 9.96. The smallest absolute Gasteiger partial charge is 0.386 e. The molecule has 2 aliphatic rings. The van der Waals surface area contributed by atoms with Gasteiger partial charge in [-0.25, -0.2) is 9.00 Å². The van der Waals surface area contributed by atoms with Gasteiger partial charge in [-0.05, 0) is 34.9 Å². The van der Waals surface area contributed by atoms with Gasteiger partial charge in [0.1, 0.15) is 18.3 Å². The van der Waals surface area contributed by atoms with Crippen molar-refractivity contribution in [3.8, 4) is 0 Å². The van der Waals surface area contributed by atoms with Gasteiger partial charge in [0.05, 0.1) is 5.57 Å². The summed E-state index contributed by atoms with van der Waals surface area (Å²) in [4.78, 5) is 55.2. The molecule has 5 rings (SSSR count). The molecule has 0 radical (unpaired) electrons. The summed E-state index contributed by atoms with van der Waals surface area (Å²) in [7, 11) is -2.16. The molecule has 1 fully saturated rings. The summed E-state index contributed by atoms with van der Waals surface area (Å²) in [6.07, 6.45) is 0. The van der Waals surface area contributed by atoms with Crippen LogP contribution < -0.4 is 5.32 Å². The predicted octanol–water partition coefficient (Wildman–Crippen LogP) is 2.07. The number of nitrogens with one attached hydrogen (secondary N) is 1. The first-order valence-electron chi connectivity index (χ1n) is 12.1. The molecule has 2 aliphatic heterocycles. The topological polar surface area (TPSA) is 166 Å². The number of hydrogen-bond donors (Lipinski definition) is 2. The number of hydrogen-bond acceptors (Lipinski definition) is 6. The zero-order valence-electron chi connectivity index (χ0n) is 21.0. The van der Waals surface area contributed by atoms with E-state index < -0.39 is 62.6 Å². The van der Waals surface area contributed by atoms with Gasteiger partial charge in [-0.2, -0.15) is 4.79 Å². The number of esters is 1. The predicted molar refractivity (Wildman–Crippen MR) is 143 cm³/mol. The fourth-order valence-corrected chi connectivity index (χ4v) is 6.36. The van der Waals surface area contributed by atoms with Crippen LogP contribution in [0.1, 0.15) is 24.0 Å². The van der Waals surface area contributed by atoms with Gasteiger partial charge in [0.25, 0.3) is 5.91 Å². The Balaban J connectivity index is 1.38. The van der Waals surface area contributed by atoms with E-state index in [0.717, 1.165) is 15.7 Å². The Morgan fingerprint density at radius 2 is 1.75 bits per heavy atom. The number of β-lactam (4-membered cyclic amide) rings is 1. The third-order valence-electron chi connectivity index (χ3n) is 6.79. The monoisotopic (exact) mass is 558 g/mol. The first-order chi connectivity index (χ1) is 19.2. The number of amides is 2. The quantitative estimate of drug-likeness (QED) is 0.147. The van der Waals surface area contributed by atoms with Gasteiger partial charge >= 0.3 is 17.0 Å². The molecule has 3 aromatic rings. The summed E-state index contributed by atoms with van der Waals surface area (Å²) < 4.78 is 18.5. The summed E-state index contributed by atoms with van der Waals surface area (Å²) in [6.45, 7) is 1.16. The Morgan fingerprint density at radius 1 is 1.07 bits per heavy atom. The molecule has 2 unspecified atom stereocenters. The average molecular weight is 559 g/mol. The molecular weight excluding hydrogens is 536 g/mol. The minimum atomic E-state index is -2.16. The molecule has 12 heteroatoms. The molecule has 202 valence electrons. The number of nitrogens with zero attached hydrogens (tertiary/aromatic N) is 3. The van der Waals surface area contributed by atoms with Crippen LogP contribution >= 0.6 is 0 Å². The number of aliphatic carboxylic acids is 1. The number of rotatable bonds is 7. The summed E-state index contributed by atoms with van der Waals surface area (Å²) in [5.41, 5.74) is 9.71. The van der Waals surface area contributed by atoms with Gasteiger partial charge < -0.3 is 20.7 Å². The Kier molecular flexibility index (Phi) is 7.12. The van der Waals surface area contributed by atoms with Crippen LogP contribution in [0.5, 0.6) is 0 Å². The van der Waals surface area contributed by atoms with Gasteiger partial charge in [-0.3, -0.25) is 19.3 Å². The van der Waals surface area contributed by atoms with Crippen molar-refractivity contribution in [1.82, 2.24) is 10.2 Å². The lowest BCUT2D eigenvalue weighted by Crippen LogP contribution is -2.74. The summed E-state index contributed by atoms with van der Waals surface area (Å²) in [5.74, 6) is -5.54. The highest BCUT2D eigenvalue weighted by Gasteiger charge is 2.61. The average Bonchev–Trinajstić information content (AvgIpc) is 2.95. The summed E-state index contributed by atoms with van der Waals surface area (Å²) in [6, 6.07) is 19.9. The highest BCUT2D eigenvalue weighted by Crippen LogP contribution is 2.36. The lowest BCUT2D eigenvalue weighted by Gasteiger charge is -2.47. The zero-order chi connectivity index (χ0) is 28.6. The Labute approximate surface area is 230 Å². The fourth-order valence-electron chi connectivity index (χ4n) is 4.82. The number of carboxylic acids is 1. The normalized spacial score (nSPS) is 20.7. The number of fused-ring (bicyclic) bond motifs is 2. The van der Waals surface area contributed by atoms with E-state index in [1.54, 1.807) is 30.3 Å². The van der Waals surface area contributed by atoms with Gasteiger partial charge in [0.2, 0.25) is 5.91 Å². The SMILES string of the molecule is CC1=C(C(=O)O)N2C(=O)C(NC(=O)C(C(=O)OCc3ccc4ccccc4c3)c3ccccc3)[C@@H]2[S@@](=O)C1=[N+]=[N-]. The third-order valence-corrected chi connectivity index (χ3v) is 8.48. The van der Waals surface area contributed by atoms with E-state index in [1.807, 2.05) is 42.5 Å². The van der Waals surface area contributed by atoms with Crippen LogP contribution in [0.15, 0.2) is 84.1 Å².